The highest BCUT2D eigenvalue weighted by Gasteiger charge is 2.47. The summed E-state index contributed by atoms with van der Waals surface area (Å²) in [5.41, 5.74) is 2.76. The summed E-state index contributed by atoms with van der Waals surface area (Å²) in [5.74, 6) is 0.963. The summed E-state index contributed by atoms with van der Waals surface area (Å²) in [7, 11) is 0. The van der Waals surface area contributed by atoms with Crippen molar-refractivity contribution in [2.24, 2.45) is 11.8 Å². The van der Waals surface area contributed by atoms with Gasteiger partial charge in [0.2, 0.25) is 0 Å². The molecule has 3 aliphatic rings. The van der Waals surface area contributed by atoms with E-state index < -0.39 is 5.60 Å². The highest BCUT2D eigenvalue weighted by atomic mass is 35.5. The number of piperidine rings is 3. The first-order chi connectivity index (χ1) is 11.7. The summed E-state index contributed by atoms with van der Waals surface area (Å²) in [4.78, 5) is 2.54. The lowest BCUT2D eigenvalue weighted by molar-refractivity contribution is -0.102. The van der Waals surface area contributed by atoms with Crippen LogP contribution in [-0.2, 0) is 12.0 Å². The largest absolute Gasteiger partial charge is 1.00 e. The molecule has 3 saturated heterocycles. The van der Waals surface area contributed by atoms with Crippen LogP contribution in [0.15, 0.2) is 54.6 Å². The Hall–Kier alpha value is -1.35. The molecule has 0 aliphatic carbocycles. The monoisotopic (exact) mass is 356 g/mol. The molecule has 2 aromatic rings. The van der Waals surface area contributed by atoms with Crippen molar-refractivity contribution in [3.05, 3.63) is 71.3 Å². The SMILES string of the molecule is Cc1ccccc1C(O)(Cc1ccccc1)C1CN2CCC1CC2.[Cl-]. The predicted molar refractivity (Wildman–Crippen MR) is 97.9 cm³/mol. The van der Waals surface area contributed by atoms with Crippen molar-refractivity contribution < 1.29 is 17.5 Å². The van der Waals surface area contributed by atoms with E-state index in [1.165, 1.54) is 37.1 Å². The van der Waals surface area contributed by atoms with E-state index in [0.29, 0.717) is 18.3 Å². The van der Waals surface area contributed by atoms with Gasteiger partial charge in [-0.2, -0.15) is 0 Å². The summed E-state index contributed by atoms with van der Waals surface area (Å²) in [6.07, 6.45) is 3.16. The van der Waals surface area contributed by atoms with E-state index in [-0.39, 0.29) is 12.4 Å². The molecular formula is C22H27ClNO-. The minimum atomic E-state index is -0.781. The molecule has 0 saturated carbocycles. The zero-order valence-electron chi connectivity index (χ0n) is 14.9. The Labute approximate surface area is 157 Å². The maximum absolute atomic E-state index is 12.0. The molecular weight excluding hydrogens is 330 g/mol. The Bertz CT molecular complexity index is 696. The van der Waals surface area contributed by atoms with Crippen molar-refractivity contribution in [1.82, 2.24) is 4.90 Å². The molecule has 3 heterocycles. The number of fused-ring (bicyclic) bond motifs is 3. The Morgan fingerprint density at radius 2 is 1.64 bits per heavy atom. The number of aryl methyl sites for hydroxylation is 1. The molecule has 2 unspecified atom stereocenters. The van der Waals surface area contributed by atoms with E-state index in [1.54, 1.807) is 0 Å². The predicted octanol–water partition coefficient (Wildman–Crippen LogP) is 0.771. The number of halogens is 1. The second kappa shape index (κ2) is 7.49. The number of aliphatic hydroxyl groups is 1. The zero-order chi connectivity index (χ0) is 16.6. The van der Waals surface area contributed by atoms with E-state index in [2.05, 4.69) is 60.4 Å². The van der Waals surface area contributed by atoms with Crippen LogP contribution in [0.5, 0.6) is 0 Å². The number of nitrogens with zero attached hydrogens (tertiary/aromatic N) is 1. The molecule has 0 spiro atoms. The van der Waals surface area contributed by atoms with E-state index in [9.17, 15) is 5.11 Å². The fourth-order valence-electron chi connectivity index (χ4n) is 4.90. The lowest BCUT2D eigenvalue weighted by Crippen LogP contribution is -3.00. The zero-order valence-corrected chi connectivity index (χ0v) is 15.6. The highest BCUT2D eigenvalue weighted by Crippen LogP contribution is 2.45. The molecule has 3 fully saturated rings. The fraction of sp³-hybridized carbons (Fsp3) is 0.455. The minimum Gasteiger partial charge on any atom is -1.00 e. The van der Waals surface area contributed by atoms with Crippen molar-refractivity contribution >= 4 is 0 Å². The number of hydrogen-bond donors (Lipinski definition) is 1. The first-order valence-corrected chi connectivity index (χ1v) is 9.21. The van der Waals surface area contributed by atoms with E-state index in [1.807, 2.05) is 6.07 Å². The molecule has 2 bridgehead atoms. The number of hydrogen-bond acceptors (Lipinski definition) is 2. The maximum atomic E-state index is 12.0. The maximum Gasteiger partial charge on any atom is 0.0982 e. The quantitative estimate of drug-likeness (QED) is 0.874. The van der Waals surface area contributed by atoms with Gasteiger partial charge in [-0.25, -0.2) is 0 Å². The van der Waals surface area contributed by atoms with Gasteiger partial charge in [-0.1, -0.05) is 54.6 Å². The molecule has 2 nitrogen and oxygen atoms in total. The standard InChI is InChI=1S/C22H27NO.ClH/c1-17-7-5-6-10-20(17)22(24,15-18-8-3-2-4-9-18)21-16-23-13-11-19(21)12-14-23;/h2-10,19,21,24H,11-16H2,1H3;1H/p-1. The Kier molecular flexibility index (Phi) is 5.52. The van der Waals surface area contributed by atoms with Crippen molar-refractivity contribution in [3.8, 4) is 0 Å². The fourth-order valence-corrected chi connectivity index (χ4v) is 4.90. The second-order valence-corrected chi connectivity index (χ2v) is 7.65. The molecule has 5 rings (SSSR count). The third-order valence-electron chi connectivity index (χ3n) is 6.20. The Balaban J connectivity index is 0.00000182. The van der Waals surface area contributed by atoms with Crippen molar-refractivity contribution in [1.29, 1.82) is 0 Å². The van der Waals surface area contributed by atoms with Gasteiger partial charge in [-0.15, -0.1) is 0 Å². The van der Waals surface area contributed by atoms with Gasteiger partial charge in [0, 0.05) is 18.9 Å². The first kappa shape index (κ1) is 18.4. The minimum absolute atomic E-state index is 0. The average molecular weight is 357 g/mol. The van der Waals surface area contributed by atoms with Crippen LogP contribution >= 0.6 is 0 Å². The molecule has 0 amide bonds. The van der Waals surface area contributed by atoms with Gasteiger partial charge in [0.1, 0.15) is 0 Å². The van der Waals surface area contributed by atoms with Gasteiger partial charge in [0.15, 0.2) is 0 Å². The van der Waals surface area contributed by atoms with Crippen LogP contribution in [-0.4, -0.2) is 29.6 Å². The third-order valence-corrected chi connectivity index (χ3v) is 6.20. The number of benzene rings is 2. The molecule has 2 aromatic carbocycles. The van der Waals surface area contributed by atoms with Gasteiger partial charge >= 0.3 is 0 Å². The Morgan fingerprint density at radius 1 is 1.00 bits per heavy atom. The van der Waals surface area contributed by atoms with Gasteiger partial charge in [0.05, 0.1) is 5.60 Å². The number of rotatable bonds is 4. The van der Waals surface area contributed by atoms with Crippen LogP contribution in [0.25, 0.3) is 0 Å². The Morgan fingerprint density at radius 3 is 2.24 bits per heavy atom. The highest BCUT2D eigenvalue weighted by molar-refractivity contribution is 5.35. The van der Waals surface area contributed by atoms with Gasteiger partial charge < -0.3 is 22.4 Å². The van der Waals surface area contributed by atoms with Gasteiger partial charge in [-0.05, 0) is 55.5 Å². The molecule has 0 radical (unpaired) electrons. The van der Waals surface area contributed by atoms with E-state index >= 15 is 0 Å². The van der Waals surface area contributed by atoms with Crippen LogP contribution < -0.4 is 12.4 Å². The molecule has 134 valence electrons. The molecule has 1 N–H and O–H groups in total. The molecule has 2 atom stereocenters. The summed E-state index contributed by atoms with van der Waals surface area (Å²) in [6, 6.07) is 18.9. The molecule has 3 aliphatic heterocycles. The lowest BCUT2D eigenvalue weighted by atomic mass is 9.65. The normalized spacial score (nSPS) is 27.4. The van der Waals surface area contributed by atoms with Crippen LogP contribution in [0.1, 0.15) is 29.5 Å². The molecule has 0 aromatic heterocycles. The topological polar surface area (TPSA) is 23.5 Å². The second-order valence-electron chi connectivity index (χ2n) is 7.65. The van der Waals surface area contributed by atoms with Crippen molar-refractivity contribution in [3.63, 3.8) is 0 Å². The van der Waals surface area contributed by atoms with Crippen LogP contribution in [0, 0.1) is 18.8 Å². The van der Waals surface area contributed by atoms with Crippen LogP contribution in [0.3, 0.4) is 0 Å². The van der Waals surface area contributed by atoms with Crippen LogP contribution in [0.4, 0.5) is 0 Å². The van der Waals surface area contributed by atoms with Crippen molar-refractivity contribution in [2.45, 2.75) is 31.8 Å². The van der Waals surface area contributed by atoms with E-state index in [4.69, 9.17) is 0 Å². The molecule has 25 heavy (non-hydrogen) atoms. The van der Waals surface area contributed by atoms with Crippen LogP contribution in [0.2, 0.25) is 0 Å². The van der Waals surface area contributed by atoms with E-state index in [0.717, 1.165) is 12.1 Å². The summed E-state index contributed by atoms with van der Waals surface area (Å²) in [5, 5.41) is 12.0. The smallest absolute Gasteiger partial charge is 0.0982 e. The first-order valence-electron chi connectivity index (χ1n) is 9.21. The molecule has 3 heteroatoms. The lowest BCUT2D eigenvalue weighted by Gasteiger charge is -2.51. The van der Waals surface area contributed by atoms with Gasteiger partial charge in [-0.3, -0.25) is 0 Å². The average Bonchev–Trinajstić information content (AvgIpc) is 2.64. The summed E-state index contributed by atoms with van der Waals surface area (Å²) in [6.45, 7) is 5.57. The summed E-state index contributed by atoms with van der Waals surface area (Å²) >= 11 is 0. The van der Waals surface area contributed by atoms with Crippen molar-refractivity contribution in [2.75, 3.05) is 19.6 Å². The van der Waals surface area contributed by atoms with Gasteiger partial charge in [0.25, 0.3) is 0 Å². The summed E-state index contributed by atoms with van der Waals surface area (Å²) < 4.78 is 0. The third kappa shape index (κ3) is 3.48.